The molecule has 0 aliphatic carbocycles. The molecule has 0 spiro atoms. The molecule has 2 aromatic rings. The summed E-state index contributed by atoms with van der Waals surface area (Å²) in [7, 11) is 4.17. The van der Waals surface area contributed by atoms with Gasteiger partial charge < -0.3 is 15.0 Å². The fraction of sp³-hybridized carbons (Fsp3) is 0.458. The van der Waals surface area contributed by atoms with Crippen molar-refractivity contribution in [2.75, 3.05) is 40.3 Å². The van der Waals surface area contributed by atoms with Gasteiger partial charge in [-0.05, 0) is 69.9 Å². The van der Waals surface area contributed by atoms with Crippen LogP contribution in [-0.4, -0.2) is 56.4 Å². The van der Waals surface area contributed by atoms with Gasteiger partial charge in [0.05, 0.1) is 0 Å². The van der Waals surface area contributed by atoms with Crippen molar-refractivity contribution >= 4 is 16.7 Å². The molecule has 0 heterocycles. The van der Waals surface area contributed by atoms with Gasteiger partial charge >= 0.3 is 0 Å². The van der Waals surface area contributed by atoms with E-state index in [1.54, 1.807) is 5.48 Å². The molecule has 6 heteroatoms. The van der Waals surface area contributed by atoms with Crippen LogP contribution < -0.4 is 15.5 Å². The van der Waals surface area contributed by atoms with E-state index in [2.05, 4.69) is 48.6 Å². The number of carbonyl (C=O) groups excluding carboxylic acids is 1. The van der Waals surface area contributed by atoms with E-state index in [4.69, 9.17) is 9.94 Å². The molecule has 0 saturated carbocycles. The number of carbonyl (C=O) groups is 1. The number of fused-ring (bicyclic) bond motifs is 1. The van der Waals surface area contributed by atoms with Crippen LogP contribution in [0.25, 0.3) is 10.8 Å². The van der Waals surface area contributed by atoms with Crippen LogP contribution in [0.5, 0.6) is 5.75 Å². The molecule has 2 rings (SSSR count). The minimum Gasteiger partial charge on any atom is -0.489 e. The molecule has 0 unspecified atom stereocenters. The van der Waals surface area contributed by atoms with Crippen LogP contribution in [0, 0.1) is 0 Å². The maximum atomic E-state index is 11.1. The predicted octanol–water partition coefficient (Wildman–Crippen LogP) is 3.75. The number of nitrogens with zero attached hydrogens (tertiary/aromatic N) is 1. The molecule has 0 fully saturated rings. The lowest BCUT2D eigenvalue weighted by Crippen LogP contribution is -2.24. The summed E-state index contributed by atoms with van der Waals surface area (Å²) >= 11 is 0. The summed E-state index contributed by atoms with van der Waals surface area (Å²) in [6, 6.07) is 14.4. The summed E-state index contributed by atoms with van der Waals surface area (Å²) in [6.07, 6.45) is 6.17. The highest BCUT2D eigenvalue weighted by Gasteiger charge is 2.05. The Bertz CT molecular complexity index is 800. The van der Waals surface area contributed by atoms with Crippen molar-refractivity contribution in [3.05, 3.63) is 54.1 Å². The van der Waals surface area contributed by atoms with Crippen molar-refractivity contribution in [3.63, 3.8) is 0 Å². The van der Waals surface area contributed by atoms with E-state index in [1.807, 2.05) is 24.3 Å². The quantitative estimate of drug-likeness (QED) is 0.190. The first-order valence-electron chi connectivity index (χ1n) is 10.7. The molecule has 30 heavy (non-hydrogen) atoms. The van der Waals surface area contributed by atoms with Gasteiger partial charge in [0, 0.05) is 18.4 Å². The Morgan fingerprint density at radius 3 is 2.70 bits per heavy atom. The third-order valence-electron chi connectivity index (χ3n) is 4.89. The van der Waals surface area contributed by atoms with Crippen molar-refractivity contribution < 1.29 is 14.7 Å². The van der Waals surface area contributed by atoms with Crippen LogP contribution in [-0.2, 0) is 4.79 Å². The molecule has 0 bridgehead atoms. The molecule has 3 N–H and O–H groups in total. The van der Waals surface area contributed by atoms with Crippen molar-refractivity contribution in [3.8, 4) is 5.75 Å². The molecule has 0 aliphatic rings. The van der Waals surface area contributed by atoms with E-state index in [-0.39, 0.29) is 5.91 Å². The lowest BCUT2D eigenvalue weighted by Gasteiger charge is -2.14. The molecule has 1 amide bonds. The van der Waals surface area contributed by atoms with Crippen molar-refractivity contribution in [2.45, 2.75) is 32.1 Å². The number of benzene rings is 2. The van der Waals surface area contributed by atoms with E-state index in [1.165, 1.54) is 11.0 Å². The number of unbranched alkanes of at least 4 members (excludes halogenated alkanes) is 2. The highest BCUT2D eigenvalue weighted by Crippen LogP contribution is 2.25. The summed E-state index contributed by atoms with van der Waals surface area (Å²) in [4.78, 5) is 13.3. The molecule has 0 atom stereocenters. The Balaban J connectivity index is 1.90. The molecular weight excluding hydrogens is 378 g/mol. The van der Waals surface area contributed by atoms with E-state index in [9.17, 15) is 4.79 Å². The maximum absolute atomic E-state index is 11.1. The van der Waals surface area contributed by atoms with Crippen molar-refractivity contribution in [1.29, 1.82) is 0 Å². The van der Waals surface area contributed by atoms with Crippen LogP contribution in [0.3, 0.4) is 0 Å². The van der Waals surface area contributed by atoms with E-state index >= 15 is 0 Å². The number of ether oxygens (including phenoxy) is 1. The first-order chi connectivity index (χ1) is 14.6. The summed E-state index contributed by atoms with van der Waals surface area (Å²) in [5, 5.41) is 14.4. The van der Waals surface area contributed by atoms with E-state index in [0.717, 1.165) is 56.5 Å². The Morgan fingerprint density at radius 1 is 1.10 bits per heavy atom. The fourth-order valence-electron chi connectivity index (χ4n) is 3.24. The molecule has 0 saturated heterocycles. The predicted molar refractivity (Wildman–Crippen MR) is 122 cm³/mol. The summed E-state index contributed by atoms with van der Waals surface area (Å²) in [5.41, 5.74) is 2.89. The standard InChI is InChI=1S/C24H35N3O3/c1-27(2)17-9-16-25-18-20(10-4-3-5-15-24(28)26-29)19-30-23-14-8-12-21-11-6-7-13-22(21)23/h6-8,10-14,25,29H,3-5,9,15-19H2,1-2H3,(H,26,28). The van der Waals surface area contributed by atoms with E-state index in [0.29, 0.717) is 13.0 Å². The molecule has 164 valence electrons. The van der Waals surface area contributed by atoms with Gasteiger partial charge in [-0.3, -0.25) is 10.0 Å². The minimum atomic E-state index is -0.332. The molecule has 6 nitrogen and oxygen atoms in total. The monoisotopic (exact) mass is 413 g/mol. The van der Waals surface area contributed by atoms with Gasteiger partial charge in [-0.25, -0.2) is 5.48 Å². The number of hydroxylamine groups is 1. The van der Waals surface area contributed by atoms with Gasteiger partial charge in [0.1, 0.15) is 12.4 Å². The largest absolute Gasteiger partial charge is 0.489 e. The lowest BCUT2D eigenvalue weighted by atomic mass is 10.1. The highest BCUT2D eigenvalue weighted by molar-refractivity contribution is 5.88. The molecular formula is C24H35N3O3. The Kier molecular flexibility index (Phi) is 10.9. The smallest absolute Gasteiger partial charge is 0.243 e. The number of rotatable bonds is 14. The maximum Gasteiger partial charge on any atom is 0.243 e. The third kappa shape index (κ3) is 8.95. The fourth-order valence-corrected chi connectivity index (χ4v) is 3.24. The van der Waals surface area contributed by atoms with Gasteiger partial charge in [0.25, 0.3) is 0 Å². The van der Waals surface area contributed by atoms with Crippen molar-refractivity contribution in [1.82, 2.24) is 15.7 Å². The number of amides is 1. The molecule has 0 aromatic heterocycles. The van der Waals surface area contributed by atoms with Crippen LogP contribution in [0.15, 0.2) is 54.1 Å². The van der Waals surface area contributed by atoms with Gasteiger partial charge in [-0.2, -0.15) is 0 Å². The van der Waals surface area contributed by atoms with Gasteiger partial charge in [0.2, 0.25) is 5.91 Å². The van der Waals surface area contributed by atoms with Crippen molar-refractivity contribution in [2.24, 2.45) is 0 Å². The van der Waals surface area contributed by atoms with Crippen LogP contribution in [0.2, 0.25) is 0 Å². The Labute approximate surface area is 179 Å². The first kappa shape index (κ1) is 23.9. The van der Waals surface area contributed by atoms with E-state index < -0.39 is 0 Å². The normalized spacial score (nSPS) is 11.8. The zero-order valence-corrected chi connectivity index (χ0v) is 18.2. The Morgan fingerprint density at radius 2 is 1.90 bits per heavy atom. The zero-order chi connectivity index (χ0) is 21.6. The topological polar surface area (TPSA) is 73.8 Å². The average molecular weight is 414 g/mol. The second-order valence-corrected chi connectivity index (χ2v) is 7.74. The van der Waals surface area contributed by atoms with Crippen LogP contribution in [0.4, 0.5) is 0 Å². The minimum absolute atomic E-state index is 0.332. The number of hydrogen-bond donors (Lipinski definition) is 3. The number of allylic oxidation sites excluding steroid dienone is 1. The molecule has 0 radical (unpaired) electrons. The van der Waals surface area contributed by atoms with Gasteiger partial charge in [-0.15, -0.1) is 0 Å². The highest BCUT2D eigenvalue weighted by atomic mass is 16.5. The first-order valence-corrected chi connectivity index (χ1v) is 10.7. The summed E-state index contributed by atoms with van der Waals surface area (Å²) in [5.74, 6) is 0.562. The average Bonchev–Trinajstić information content (AvgIpc) is 2.75. The van der Waals surface area contributed by atoms with Crippen LogP contribution >= 0.6 is 0 Å². The van der Waals surface area contributed by atoms with Gasteiger partial charge in [0.15, 0.2) is 0 Å². The Hall–Kier alpha value is -2.41. The zero-order valence-electron chi connectivity index (χ0n) is 18.2. The molecule has 0 aliphatic heterocycles. The second-order valence-electron chi connectivity index (χ2n) is 7.74. The van der Waals surface area contributed by atoms with Gasteiger partial charge in [-0.1, -0.05) is 42.5 Å². The number of hydrogen-bond acceptors (Lipinski definition) is 5. The van der Waals surface area contributed by atoms with Crippen LogP contribution in [0.1, 0.15) is 32.1 Å². The second kappa shape index (κ2) is 13.7. The summed E-state index contributed by atoms with van der Waals surface area (Å²) < 4.78 is 6.18. The number of nitrogens with one attached hydrogen (secondary N) is 2. The third-order valence-corrected chi connectivity index (χ3v) is 4.89. The summed E-state index contributed by atoms with van der Waals surface area (Å²) in [6.45, 7) is 3.34. The lowest BCUT2D eigenvalue weighted by molar-refractivity contribution is -0.129. The SMILES string of the molecule is CN(C)CCCNCC(=CCCCCC(=O)NO)COc1cccc2ccccc12. The molecule has 2 aromatic carbocycles.